The summed E-state index contributed by atoms with van der Waals surface area (Å²) in [5, 5.41) is 9.17. The molecule has 0 saturated heterocycles. The van der Waals surface area contributed by atoms with E-state index >= 15 is 0 Å². The lowest BCUT2D eigenvalue weighted by Gasteiger charge is -2.29. The molecule has 3 heterocycles. The van der Waals surface area contributed by atoms with Crippen molar-refractivity contribution in [3.8, 4) is 17.1 Å². The highest BCUT2D eigenvalue weighted by Gasteiger charge is 2.35. The van der Waals surface area contributed by atoms with Crippen molar-refractivity contribution < 1.29 is 13.5 Å². The number of benzene rings is 1. The molecule has 1 aliphatic rings. The summed E-state index contributed by atoms with van der Waals surface area (Å²) in [7, 11) is 1.64. The third kappa shape index (κ3) is 4.51. The van der Waals surface area contributed by atoms with E-state index in [9.17, 15) is 8.78 Å². The average molecular weight is 450 g/mol. The lowest BCUT2D eigenvalue weighted by Crippen LogP contribution is -2.32. The van der Waals surface area contributed by atoms with Crippen LogP contribution in [0.3, 0.4) is 0 Å². The summed E-state index contributed by atoms with van der Waals surface area (Å²) in [5.41, 5.74) is 3.44. The minimum atomic E-state index is -2.57. The van der Waals surface area contributed by atoms with E-state index in [2.05, 4.69) is 15.3 Å². The molecule has 0 radical (unpaired) electrons. The highest BCUT2D eigenvalue weighted by atomic mass is 19.3. The molecule has 5 rings (SSSR count). The first kappa shape index (κ1) is 21.3. The zero-order chi connectivity index (χ0) is 22.8. The summed E-state index contributed by atoms with van der Waals surface area (Å²) in [6, 6.07) is 15.4. The first-order valence-electron chi connectivity index (χ1n) is 11.1. The molecule has 1 aliphatic carbocycles. The van der Waals surface area contributed by atoms with Crippen LogP contribution in [0.25, 0.3) is 22.3 Å². The molecule has 170 valence electrons. The highest BCUT2D eigenvalue weighted by Crippen LogP contribution is 2.36. The number of pyridine rings is 2. The zero-order valence-corrected chi connectivity index (χ0v) is 18.3. The van der Waals surface area contributed by atoms with Crippen LogP contribution in [0.15, 0.2) is 60.9 Å². The van der Waals surface area contributed by atoms with Crippen LogP contribution in [-0.2, 0) is 6.54 Å². The molecular formula is C25H25F2N5O. The summed E-state index contributed by atoms with van der Waals surface area (Å²) >= 11 is 0. The van der Waals surface area contributed by atoms with Crippen molar-refractivity contribution in [2.75, 3.05) is 12.4 Å². The number of hydrogen-bond donors (Lipinski definition) is 1. The average Bonchev–Trinajstić information content (AvgIpc) is 3.21. The maximum atomic E-state index is 13.6. The third-order valence-electron chi connectivity index (χ3n) is 6.12. The Morgan fingerprint density at radius 1 is 1.03 bits per heavy atom. The van der Waals surface area contributed by atoms with Gasteiger partial charge in [-0.3, -0.25) is 9.67 Å². The number of ether oxygens (including phenoxy) is 1. The minimum Gasteiger partial charge on any atom is -0.497 e. The smallest absolute Gasteiger partial charge is 0.248 e. The van der Waals surface area contributed by atoms with Gasteiger partial charge >= 0.3 is 0 Å². The van der Waals surface area contributed by atoms with Crippen LogP contribution in [0, 0.1) is 0 Å². The first-order chi connectivity index (χ1) is 16.0. The number of alkyl halides is 2. The Kier molecular flexibility index (Phi) is 5.66. The fourth-order valence-corrected chi connectivity index (χ4v) is 4.32. The molecule has 0 spiro atoms. The van der Waals surface area contributed by atoms with Gasteiger partial charge in [0.2, 0.25) is 5.92 Å². The number of nitrogens with zero attached hydrogens (tertiary/aromatic N) is 4. The number of anilines is 1. The summed E-state index contributed by atoms with van der Waals surface area (Å²) in [4.78, 5) is 9.07. The lowest BCUT2D eigenvalue weighted by atomic mass is 9.92. The molecule has 0 aliphatic heterocycles. The van der Waals surface area contributed by atoms with E-state index in [-0.39, 0.29) is 18.9 Å². The van der Waals surface area contributed by atoms with Crippen LogP contribution in [0.5, 0.6) is 5.75 Å². The van der Waals surface area contributed by atoms with Crippen LogP contribution in [0.4, 0.5) is 14.6 Å². The van der Waals surface area contributed by atoms with Crippen molar-refractivity contribution in [1.29, 1.82) is 0 Å². The van der Waals surface area contributed by atoms with Gasteiger partial charge in [-0.05, 0) is 48.7 Å². The Hall–Kier alpha value is -3.55. The molecule has 4 aromatic rings. The Morgan fingerprint density at radius 2 is 1.82 bits per heavy atom. The summed E-state index contributed by atoms with van der Waals surface area (Å²) in [5.74, 6) is -1.11. The van der Waals surface area contributed by atoms with Crippen LogP contribution in [0.2, 0.25) is 0 Å². The number of aromatic nitrogens is 4. The zero-order valence-electron chi connectivity index (χ0n) is 18.3. The Labute approximate surface area is 190 Å². The van der Waals surface area contributed by atoms with Crippen LogP contribution < -0.4 is 10.1 Å². The SMILES string of the molecule is COc1ccc(Cn2nc(-c3ccccn3)c3c(NC4CCC(F)(F)CC4)nccc32)cc1. The van der Waals surface area contributed by atoms with E-state index in [0.717, 1.165) is 33.6 Å². The molecule has 6 nitrogen and oxygen atoms in total. The summed E-state index contributed by atoms with van der Waals surface area (Å²) in [6.45, 7) is 0.562. The second-order valence-electron chi connectivity index (χ2n) is 8.40. The number of halogens is 2. The Balaban J connectivity index is 1.54. The number of methoxy groups -OCH3 is 1. The number of rotatable bonds is 6. The first-order valence-corrected chi connectivity index (χ1v) is 11.1. The molecule has 33 heavy (non-hydrogen) atoms. The van der Waals surface area contributed by atoms with Crippen molar-refractivity contribution in [3.05, 3.63) is 66.5 Å². The number of fused-ring (bicyclic) bond motifs is 1. The van der Waals surface area contributed by atoms with Gasteiger partial charge in [-0.2, -0.15) is 5.10 Å². The standard InChI is InChI=1S/C25H25F2N5O/c1-33-19-7-5-17(6-8-19)16-32-21-11-15-29-24(30-18-9-12-25(26,27)13-10-18)22(21)23(31-32)20-4-2-3-14-28-20/h2-8,11,14-15,18H,9-10,12-13,16H2,1H3,(H,29,30). The third-order valence-corrected chi connectivity index (χ3v) is 6.12. The van der Waals surface area contributed by atoms with Crippen LogP contribution in [-0.4, -0.2) is 38.8 Å². The van der Waals surface area contributed by atoms with Gasteiger partial charge in [-0.15, -0.1) is 0 Å². The lowest BCUT2D eigenvalue weighted by molar-refractivity contribution is -0.0361. The number of hydrogen-bond acceptors (Lipinski definition) is 5. The summed E-state index contributed by atoms with van der Waals surface area (Å²) in [6.07, 6.45) is 4.07. The molecule has 0 unspecified atom stereocenters. The van der Waals surface area contributed by atoms with E-state index in [1.54, 1.807) is 19.5 Å². The second-order valence-corrected chi connectivity index (χ2v) is 8.40. The van der Waals surface area contributed by atoms with Crippen molar-refractivity contribution in [1.82, 2.24) is 19.7 Å². The normalized spacial score (nSPS) is 16.1. The summed E-state index contributed by atoms with van der Waals surface area (Å²) < 4.78 is 34.5. The molecule has 0 atom stereocenters. The van der Waals surface area contributed by atoms with Gasteiger partial charge in [0, 0.05) is 31.3 Å². The van der Waals surface area contributed by atoms with Crippen molar-refractivity contribution in [2.24, 2.45) is 0 Å². The van der Waals surface area contributed by atoms with Gasteiger partial charge < -0.3 is 10.1 Å². The van der Waals surface area contributed by atoms with Gasteiger partial charge in [0.05, 0.1) is 30.3 Å². The van der Waals surface area contributed by atoms with Crippen molar-refractivity contribution in [2.45, 2.75) is 44.2 Å². The molecule has 1 fully saturated rings. The van der Waals surface area contributed by atoms with E-state index in [4.69, 9.17) is 9.84 Å². The van der Waals surface area contributed by atoms with Crippen LogP contribution in [0.1, 0.15) is 31.2 Å². The van der Waals surface area contributed by atoms with Gasteiger partial charge in [0.15, 0.2) is 0 Å². The molecule has 1 saturated carbocycles. The monoisotopic (exact) mass is 449 g/mol. The van der Waals surface area contributed by atoms with Gasteiger partial charge in [0.25, 0.3) is 0 Å². The molecule has 8 heteroatoms. The van der Waals surface area contributed by atoms with E-state index in [0.29, 0.717) is 25.2 Å². The molecule has 0 bridgehead atoms. The van der Waals surface area contributed by atoms with Crippen molar-refractivity contribution in [3.63, 3.8) is 0 Å². The highest BCUT2D eigenvalue weighted by molar-refractivity contribution is 6.00. The fourth-order valence-electron chi connectivity index (χ4n) is 4.32. The largest absolute Gasteiger partial charge is 0.497 e. The molecule has 1 aromatic carbocycles. The minimum absolute atomic E-state index is 0.0516. The second kappa shape index (κ2) is 8.77. The Morgan fingerprint density at radius 3 is 2.52 bits per heavy atom. The predicted octanol–water partition coefficient (Wildman–Crippen LogP) is 5.54. The maximum absolute atomic E-state index is 13.6. The van der Waals surface area contributed by atoms with E-state index in [1.807, 2.05) is 53.2 Å². The van der Waals surface area contributed by atoms with Gasteiger partial charge in [-0.1, -0.05) is 18.2 Å². The van der Waals surface area contributed by atoms with Gasteiger partial charge in [-0.25, -0.2) is 13.8 Å². The molecular weight excluding hydrogens is 424 g/mol. The Bertz CT molecular complexity index is 1230. The van der Waals surface area contributed by atoms with Crippen LogP contribution >= 0.6 is 0 Å². The van der Waals surface area contributed by atoms with E-state index < -0.39 is 5.92 Å². The fraction of sp³-hybridized carbons (Fsp3) is 0.320. The molecule has 0 amide bonds. The quantitative estimate of drug-likeness (QED) is 0.419. The molecule has 3 aromatic heterocycles. The topological polar surface area (TPSA) is 64.9 Å². The molecule has 1 N–H and O–H groups in total. The maximum Gasteiger partial charge on any atom is 0.248 e. The van der Waals surface area contributed by atoms with Gasteiger partial charge in [0.1, 0.15) is 17.3 Å². The number of nitrogens with one attached hydrogen (secondary N) is 1. The van der Waals surface area contributed by atoms with Crippen molar-refractivity contribution >= 4 is 16.7 Å². The van der Waals surface area contributed by atoms with E-state index in [1.165, 1.54) is 0 Å². The predicted molar refractivity (Wildman–Crippen MR) is 124 cm³/mol.